The number of aromatic amines is 1. The average molecular weight is 241 g/mol. The Morgan fingerprint density at radius 1 is 1.22 bits per heavy atom. The van der Waals surface area contributed by atoms with E-state index in [1.165, 1.54) is 10.7 Å². The lowest BCUT2D eigenvalue weighted by Gasteiger charge is -2.05. The maximum Gasteiger partial charge on any atom is 0.258 e. The van der Waals surface area contributed by atoms with Crippen LogP contribution >= 0.6 is 0 Å². The Hall–Kier alpha value is -2.56. The molecule has 0 fully saturated rings. The largest absolute Gasteiger partial charge is 0.493 e. The van der Waals surface area contributed by atoms with Crippen LogP contribution in [0.3, 0.4) is 0 Å². The van der Waals surface area contributed by atoms with Crippen LogP contribution < -0.4 is 5.56 Å². The van der Waals surface area contributed by atoms with E-state index in [2.05, 4.69) is 10.1 Å². The van der Waals surface area contributed by atoms with Crippen LogP contribution in [0, 0.1) is 0 Å². The number of hydrogen-bond donors (Lipinski definition) is 2. The SMILES string of the molecule is O=c1[nH]c2ccnn2c(O)c1Cc1ccccc1. The molecule has 18 heavy (non-hydrogen) atoms. The summed E-state index contributed by atoms with van der Waals surface area (Å²) in [6.07, 6.45) is 1.90. The first-order valence-corrected chi connectivity index (χ1v) is 5.57. The standard InChI is InChI=1S/C13H11N3O2/c17-12-10(8-9-4-2-1-3-5-9)13(18)16-11(15-12)6-7-14-16/h1-7,18H,8H2,(H,15,17). The quantitative estimate of drug-likeness (QED) is 0.710. The zero-order valence-electron chi connectivity index (χ0n) is 9.50. The van der Waals surface area contributed by atoms with Gasteiger partial charge in [0.15, 0.2) is 0 Å². The van der Waals surface area contributed by atoms with E-state index >= 15 is 0 Å². The second-order valence-electron chi connectivity index (χ2n) is 4.05. The van der Waals surface area contributed by atoms with Crippen LogP contribution in [-0.4, -0.2) is 19.7 Å². The Kier molecular flexibility index (Phi) is 2.37. The molecule has 5 heteroatoms. The minimum Gasteiger partial charge on any atom is -0.493 e. The second kappa shape index (κ2) is 4.03. The highest BCUT2D eigenvalue weighted by molar-refractivity contribution is 5.43. The molecule has 0 aliphatic heterocycles. The van der Waals surface area contributed by atoms with Crippen LogP contribution in [-0.2, 0) is 6.42 Å². The molecule has 5 nitrogen and oxygen atoms in total. The summed E-state index contributed by atoms with van der Waals surface area (Å²) >= 11 is 0. The summed E-state index contributed by atoms with van der Waals surface area (Å²) in [4.78, 5) is 14.6. The third kappa shape index (κ3) is 1.66. The molecular weight excluding hydrogens is 230 g/mol. The van der Waals surface area contributed by atoms with Gasteiger partial charge in [-0.3, -0.25) is 4.79 Å². The highest BCUT2D eigenvalue weighted by Crippen LogP contribution is 2.16. The maximum atomic E-state index is 11.9. The van der Waals surface area contributed by atoms with Gasteiger partial charge in [0.05, 0.1) is 11.8 Å². The normalized spacial score (nSPS) is 10.9. The number of nitrogens with one attached hydrogen (secondary N) is 1. The molecule has 1 aromatic carbocycles. The van der Waals surface area contributed by atoms with E-state index < -0.39 is 0 Å². The van der Waals surface area contributed by atoms with Crippen molar-refractivity contribution in [3.8, 4) is 5.88 Å². The minimum atomic E-state index is -0.288. The monoisotopic (exact) mass is 241 g/mol. The summed E-state index contributed by atoms with van der Waals surface area (Å²) in [6, 6.07) is 11.1. The third-order valence-corrected chi connectivity index (χ3v) is 2.85. The fourth-order valence-electron chi connectivity index (χ4n) is 1.95. The first-order valence-electron chi connectivity index (χ1n) is 5.57. The van der Waals surface area contributed by atoms with E-state index in [0.29, 0.717) is 17.6 Å². The highest BCUT2D eigenvalue weighted by Gasteiger charge is 2.12. The Morgan fingerprint density at radius 2 is 2.00 bits per heavy atom. The van der Waals surface area contributed by atoms with Crippen molar-refractivity contribution in [1.29, 1.82) is 0 Å². The number of fused-ring (bicyclic) bond motifs is 1. The molecular formula is C13H11N3O2. The molecule has 2 heterocycles. The number of hydrogen-bond acceptors (Lipinski definition) is 3. The number of benzene rings is 1. The zero-order valence-corrected chi connectivity index (χ0v) is 9.50. The smallest absolute Gasteiger partial charge is 0.258 e. The molecule has 0 bridgehead atoms. The number of aromatic hydroxyl groups is 1. The lowest BCUT2D eigenvalue weighted by atomic mass is 10.1. The molecule has 0 unspecified atom stereocenters. The van der Waals surface area contributed by atoms with Crippen molar-refractivity contribution in [3.05, 3.63) is 64.1 Å². The van der Waals surface area contributed by atoms with Gasteiger partial charge in [-0.05, 0) is 5.56 Å². The molecule has 0 atom stereocenters. The van der Waals surface area contributed by atoms with Gasteiger partial charge in [-0.2, -0.15) is 9.61 Å². The minimum absolute atomic E-state index is 0.109. The topological polar surface area (TPSA) is 70.4 Å². The van der Waals surface area contributed by atoms with E-state index in [-0.39, 0.29) is 11.4 Å². The van der Waals surface area contributed by atoms with Gasteiger partial charge in [-0.15, -0.1) is 0 Å². The number of nitrogens with zero attached hydrogens (tertiary/aromatic N) is 2. The van der Waals surface area contributed by atoms with Crippen LogP contribution in [0.5, 0.6) is 5.88 Å². The van der Waals surface area contributed by atoms with Crippen LogP contribution in [0.1, 0.15) is 11.1 Å². The Morgan fingerprint density at radius 3 is 2.78 bits per heavy atom. The fourth-order valence-corrected chi connectivity index (χ4v) is 1.95. The molecule has 0 aliphatic rings. The lowest BCUT2D eigenvalue weighted by Crippen LogP contribution is -2.16. The average Bonchev–Trinajstić information content (AvgIpc) is 2.84. The summed E-state index contributed by atoms with van der Waals surface area (Å²) in [7, 11) is 0. The molecule has 3 aromatic rings. The number of rotatable bonds is 2. The molecule has 0 saturated heterocycles. The van der Waals surface area contributed by atoms with Gasteiger partial charge in [-0.25, -0.2) is 0 Å². The molecule has 0 spiro atoms. The number of H-pyrrole nitrogens is 1. The van der Waals surface area contributed by atoms with Crippen LogP contribution in [0.4, 0.5) is 0 Å². The van der Waals surface area contributed by atoms with Gasteiger partial charge in [-0.1, -0.05) is 30.3 Å². The van der Waals surface area contributed by atoms with Crippen molar-refractivity contribution in [1.82, 2.24) is 14.6 Å². The fraction of sp³-hybridized carbons (Fsp3) is 0.0769. The summed E-state index contributed by atoms with van der Waals surface area (Å²) < 4.78 is 1.32. The van der Waals surface area contributed by atoms with Gasteiger partial charge >= 0.3 is 0 Å². The van der Waals surface area contributed by atoms with E-state index in [0.717, 1.165) is 5.56 Å². The summed E-state index contributed by atoms with van der Waals surface area (Å²) in [5.41, 5.74) is 1.47. The summed E-state index contributed by atoms with van der Waals surface area (Å²) in [5.74, 6) is -0.109. The Bertz CT molecular complexity index is 744. The molecule has 0 radical (unpaired) electrons. The van der Waals surface area contributed by atoms with E-state index in [1.54, 1.807) is 6.07 Å². The van der Waals surface area contributed by atoms with Crippen molar-refractivity contribution >= 4 is 5.65 Å². The molecule has 0 saturated carbocycles. The maximum absolute atomic E-state index is 11.9. The predicted octanol–water partition coefficient (Wildman–Crippen LogP) is 1.32. The lowest BCUT2D eigenvalue weighted by molar-refractivity contribution is 0.428. The van der Waals surface area contributed by atoms with Crippen molar-refractivity contribution in [2.45, 2.75) is 6.42 Å². The van der Waals surface area contributed by atoms with Crippen molar-refractivity contribution in [2.24, 2.45) is 0 Å². The van der Waals surface area contributed by atoms with Crippen LogP contribution in [0.15, 0.2) is 47.4 Å². The van der Waals surface area contributed by atoms with Gasteiger partial charge in [0.2, 0.25) is 5.88 Å². The van der Waals surface area contributed by atoms with Crippen molar-refractivity contribution < 1.29 is 5.11 Å². The van der Waals surface area contributed by atoms with E-state index in [4.69, 9.17) is 0 Å². The Balaban J connectivity index is 2.14. The van der Waals surface area contributed by atoms with Gasteiger partial charge in [0.1, 0.15) is 5.65 Å². The molecule has 2 aromatic heterocycles. The van der Waals surface area contributed by atoms with Gasteiger partial charge < -0.3 is 10.1 Å². The van der Waals surface area contributed by atoms with Crippen molar-refractivity contribution in [3.63, 3.8) is 0 Å². The summed E-state index contributed by atoms with van der Waals surface area (Å²) in [5, 5.41) is 14.0. The predicted molar refractivity (Wildman–Crippen MR) is 66.7 cm³/mol. The molecule has 0 amide bonds. The van der Waals surface area contributed by atoms with Crippen LogP contribution in [0.25, 0.3) is 5.65 Å². The molecule has 3 rings (SSSR count). The van der Waals surface area contributed by atoms with Gasteiger partial charge in [0, 0.05) is 12.5 Å². The van der Waals surface area contributed by atoms with E-state index in [1.807, 2.05) is 30.3 Å². The summed E-state index contributed by atoms with van der Waals surface area (Å²) in [6.45, 7) is 0. The highest BCUT2D eigenvalue weighted by atomic mass is 16.3. The van der Waals surface area contributed by atoms with Crippen LogP contribution in [0.2, 0.25) is 0 Å². The number of aromatic nitrogens is 3. The van der Waals surface area contributed by atoms with Gasteiger partial charge in [0.25, 0.3) is 5.56 Å². The first-order chi connectivity index (χ1) is 8.75. The van der Waals surface area contributed by atoms with E-state index in [9.17, 15) is 9.90 Å². The second-order valence-corrected chi connectivity index (χ2v) is 4.05. The van der Waals surface area contributed by atoms with Crippen molar-refractivity contribution in [2.75, 3.05) is 0 Å². The third-order valence-electron chi connectivity index (χ3n) is 2.85. The molecule has 90 valence electrons. The zero-order chi connectivity index (χ0) is 12.5. The molecule has 2 N–H and O–H groups in total. The Labute approximate surface area is 102 Å². The molecule has 0 aliphatic carbocycles. The first kappa shape index (κ1) is 10.6.